The standard InChI is InChI=1S/C23H21N/c24-16-20(23-14-6-10-18-8-2-4-13-22(18)23)15-19-11-5-9-17-7-1-3-12-21(17)19/h1-14,20H,15-16,24H2. The SMILES string of the molecule is NCC(Cc1cccc2ccccc12)c1cccc2ccccc12. The zero-order chi connectivity index (χ0) is 16.4. The van der Waals surface area contributed by atoms with Crippen molar-refractivity contribution in [2.45, 2.75) is 12.3 Å². The van der Waals surface area contributed by atoms with Crippen LogP contribution in [0.5, 0.6) is 0 Å². The maximum Gasteiger partial charge on any atom is 0.000794 e. The number of nitrogens with two attached hydrogens (primary N) is 1. The Morgan fingerprint density at radius 1 is 0.625 bits per heavy atom. The largest absolute Gasteiger partial charge is 0.330 e. The lowest BCUT2D eigenvalue weighted by Crippen LogP contribution is -2.15. The molecule has 0 aliphatic rings. The van der Waals surface area contributed by atoms with Crippen molar-refractivity contribution in [1.82, 2.24) is 0 Å². The number of rotatable bonds is 4. The van der Waals surface area contributed by atoms with Crippen molar-refractivity contribution >= 4 is 21.5 Å². The summed E-state index contributed by atoms with van der Waals surface area (Å²) in [6, 6.07) is 30.3. The number of fused-ring (bicyclic) bond motifs is 2. The van der Waals surface area contributed by atoms with Crippen LogP contribution in [0.4, 0.5) is 0 Å². The highest BCUT2D eigenvalue weighted by Gasteiger charge is 2.14. The second-order valence-electron chi connectivity index (χ2n) is 6.34. The molecule has 1 atom stereocenters. The Hall–Kier alpha value is -2.64. The lowest BCUT2D eigenvalue weighted by atomic mass is 9.87. The fourth-order valence-corrected chi connectivity index (χ4v) is 3.66. The van der Waals surface area contributed by atoms with Crippen molar-refractivity contribution in [3.8, 4) is 0 Å². The summed E-state index contributed by atoms with van der Waals surface area (Å²) in [5, 5.41) is 5.23. The van der Waals surface area contributed by atoms with Crippen molar-refractivity contribution in [1.29, 1.82) is 0 Å². The number of hydrogen-bond donors (Lipinski definition) is 1. The van der Waals surface area contributed by atoms with E-state index >= 15 is 0 Å². The summed E-state index contributed by atoms with van der Waals surface area (Å²) >= 11 is 0. The molecule has 0 amide bonds. The second kappa shape index (κ2) is 6.46. The van der Waals surface area contributed by atoms with Crippen LogP contribution in [0.1, 0.15) is 17.0 Å². The van der Waals surface area contributed by atoms with Gasteiger partial charge in [0, 0.05) is 5.92 Å². The molecule has 0 spiro atoms. The molecule has 4 rings (SSSR count). The van der Waals surface area contributed by atoms with Crippen molar-refractivity contribution in [3.05, 3.63) is 96.1 Å². The molecule has 0 aliphatic carbocycles. The van der Waals surface area contributed by atoms with Gasteiger partial charge < -0.3 is 5.73 Å². The quantitative estimate of drug-likeness (QED) is 0.545. The summed E-state index contributed by atoms with van der Waals surface area (Å²) in [6.45, 7) is 0.650. The van der Waals surface area contributed by atoms with Crippen LogP contribution in [-0.2, 0) is 6.42 Å². The highest BCUT2D eigenvalue weighted by Crippen LogP contribution is 2.30. The topological polar surface area (TPSA) is 26.0 Å². The van der Waals surface area contributed by atoms with Crippen molar-refractivity contribution in [3.63, 3.8) is 0 Å². The van der Waals surface area contributed by atoms with Gasteiger partial charge in [-0.25, -0.2) is 0 Å². The fourth-order valence-electron chi connectivity index (χ4n) is 3.66. The Kier molecular flexibility index (Phi) is 4.02. The minimum atomic E-state index is 0.321. The predicted octanol–water partition coefficient (Wildman–Crippen LogP) is 5.28. The van der Waals surface area contributed by atoms with Crippen LogP contribution >= 0.6 is 0 Å². The third-order valence-corrected chi connectivity index (χ3v) is 4.89. The Bertz CT molecular complexity index is 976. The Balaban J connectivity index is 1.78. The first kappa shape index (κ1) is 14.9. The molecular weight excluding hydrogens is 290 g/mol. The van der Waals surface area contributed by atoms with Gasteiger partial charge in [-0.2, -0.15) is 0 Å². The van der Waals surface area contributed by atoms with E-state index in [0.717, 1.165) is 6.42 Å². The van der Waals surface area contributed by atoms with Crippen molar-refractivity contribution < 1.29 is 0 Å². The molecule has 2 N–H and O–H groups in total. The normalized spacial score (nSPS) is 12.5. The summed E-state index contributed by atoms with van der Waals surface area (Å²) in [4.78, 5) is 0. The molecule has 4 aromatic rings. The zero-order valence-corrected chi connectivity index (χ0v) is 13.7. The first-order valence-electron chi connectivity index (χ1n) is 8.51. The van der Waals surface area contributed by atoms with E-state index in [1.165, 1.54) is 32.7 Å². The molecule has 0 aromatic heterocycles. The van der Waals surface area contributed by atoms with E-state index in [2.05, 4.69) is 84.9 Å². The maximum atomic E-state index is 6.19. The summed E-state index contributed by atoms with van der Waals surface area (Å²) in [7, 11) is 0. The molecule has 0 fully saturated rings. The fraction of sp³-hybridized carbons (Fsp3) is 0.130. The minimum absolute atomic E-state index is 0.321. The average Bonchev–Trinajstić information content (AvgIpc) is 2.66. The summed E-state index contributed by atoms with van der Waals surface area (Å²) in [6.07, 6.45) is 0.964. The van der Waals surface area contributed by atoms with Crippen LogP contribution in [0.2, 0.25) is 0 Å². The Morgan fingerprint density at radius 3 is 1.96 bits per heavy atom. The Morgan fingerprint density at radius 2 is 1.21 bits per heavy atom. The van der Waals surface area contributed by atoms with Gasteiger partial charge in [0.15, 0.2) is 0 Å². The second-order valence-corrected chi connectivity index (χ2v) is 6.34. The first-order valence-corrected chi connectivity index (χ1v) is 8.51. The van der Waals surface area contributed by atoms with Crippen LogP contribution in [0.15, 0.2) is 84.9 Å². The van der Waals surface area contributed by atoms with Gasteiger partial charge in [0.2, 0.25) is 0 Å². The molecule has 0 saturated heterocycles. The molecule has 0 heterocycles. The van der Waals surface area contributed by atoms with E-state index in [9.17, 15) is 0 Å². The lowest BCUT2D eigenvalue weighted by Gasteiger charge is -2.19. The summed E-state index contributed by atoms with van der Waals surface area (Å²) in [5.41, 5.74) is 8.91. The molecular formula is C23H21N. The van der Waals surface area contributed by atoms with Crippen LogP contribution < -0.4 is 5.73 Å². The smallest absolute Gasteiger partial charge is 0.000794 e. The van der Waals surface area contributed by atoms with Crippen molar-refractivity contribution in [2.24, 2.45) is 5.73 Å². The van der Waals surface area contributed by atoms with Gasteiger partial charge in [-0.15, -0.1) is 0 Å². The lowest BCUT2D eigenvalue weighted by molar-refractivity contribution is 0.702. The highest BCUT2D eigenvalue weighted by atomic mass is 14.5. The van der Waals surface area contributed by atoms with Gasteiger partial charge in [0.05, 0.1) is 0 Å². The molecule has 0 aliphatic heterocycles. The highest BCUT2D eigenvalue weighted by molar-refractivity contribution is 5.87. The molecule has 0 radical (unpaired) electrons. The van der Waals surface area contributed by atoms with E-state index in [1.807, 2.05) is 0 Å². The molecule has 118 valence electrons. The van der Waals surface area contributed by atoms with Crippen LogP contribution in [0.3, 0.4) is 0 Å². The van der Waals surface area contributed by atoms with Crippen LogP contribution in [0, 0.1) is 0 Å². The minimum Gasteiger partial charge on any atom is -0.330 e. The summed E-state index contributed by atoms with van der Waals surface area (Å²) < 4.78 is 0. The van der Waals surface area contributed by atoms with E-state index in [0.29, 0.717) is 12.5 Å². The van der Waals surface area contributed by atoms with Gasteiger partial charge >= 0.3 is 0 Å². The molecule has 0 saturated carbocycles. The molecule has 0 bridgehead atoms. The van der Waals surface area contributed by atoms with Gasteiger partial charge in [-0.05, 0) is 45.6 Å². The monoisotopic (exact) mass is 311 g/mol. The van der Waals surface area contributed by atoms with Gasteiger partial charge in [-0.1, -0.05) is 84.9 Å². The van der Waals surface area contributed by atoms with E-state index < -0.39 is 0 Å². The molecule has 1 heteroatoms. The molecule has 24 heavy (non-hydrogen) atoms. The number of benzene rings is 4. The maximum absolute atomic E-state index is 6.19. The number of hydrogen-bond acceptors (Lipinski definition) is 1. The average molecular weight is 311 g/mol. The summed E-state index contributed by atoms with van der Waals surface area (Å²) in [5.74, 6) is 0.321. The third kappa shape index (κ3) is 2.68. The van der Waals surface area contributed by atoms with Crippen LogP contribution in [0.25, 0.3) is 21.5 Å². The Labute approximate surface area is 142 Å². The van der Waals surface area contributed by atoms with E-state index in [4.69, 9.17) is 5.73 Å². The van der Waals surface area contributed by atoms with Crippen LogP contribution in [-0.4, -0.2) is 6.54 Å². The molecule has 1 nitrogen and oxygen atoms in total. The third-order valence-electron chi connectivity index (χ3n) is 4.89. The van der Waals surface area contributed by atoms with Gasteiger partial charge in [0.25, 0.3) is 0 Å². The zero-order valence-electron chi connectivity index (χ0n) is 13.7. The molecule has 1 unspecified atom stereocenters. The van der Waals surface area contributed by atoms with E-state index in [-0.39, 0.29) is 0 Å². The van der Waals surface area contributed by atoms with Gasteiger partial charge in [-0.3, -0.25) is 0 Å². The molecule has 4 aromatic carbocycles. The van der Waals surface area contributed by atoms with Gasteiger partial charge in [0.1, 0.15) is 0 Å². The predicted molar refractivity (Wildman–Crippen MR) is 103 cm³/mol. The first-order chi connectivity index (χ1) is 11.9. The van der Waals surface area contributed by atoms with E-state index in [1.54, 1.807) is 0 Å². The van der Waals surface area contributed by atoms with Crippen molar-refractivity contribution in [2.75, 3.05) is 6.54 Å².